The molecule has 0 atom stereocenters. The van der Waals surface area contributed by atoms with Crippen LogP contribution in [0.3, 0.4) is 0 Å². The lowest BCUT2D eigenvalue weighted by Crippen LogP contribution is -2.39. The molecule has 26 heavy (non-hydrogen) atoms. The van der Waals surface area contributed by atoms with Crippen molar-refractivity contribution in [2.75, 3.05) is 11.9 Å². The van der Waals surface area contributed by atoms with E-state index < -0.39 is 0 Å². The number of aromatic nitrogens is 1. The minimum atomic E-state index is -0.278. The van der Waals surface area contributed by atoms with Crippen molar-refractivity contribution < 1.29 is 14.1 Å². The van der Waals surface area contributed by atoms with Gasteiger partial charge < -0.3 is 14.7 Å². The van der Waals surface area contributed by atoms with E-state index >= 15 is 0 Å². The minimum Gasteiger partial charge on any atom is -0.360 e. The number of nitrogens with zero attached hydrogens (tertiary/aromatic N) is 2. The molecule has 6 heteroatoms. The van der Waals surface area contributed by atoms with Crippen molar-refractivity contribution in [1.29, 1.82) is 0 Å². The van der Waals surface area contributed by atoms with E-state index in [9.17, 15) is 9.59 Å². The molecule has 0 spiro atoms. The van der Waals surface area contributed by atoms with E-state index in [0.29, 0.717) is 17.1 Å². The highest BCUT2D eigenvalue weighted by atomic mass is 16.5. The number of hydrogen-bond donors (Lipinski definition) is 1. The number of benzene rings is 2. The van der Waals surface area contributed by atoms with Crippen molar-refractivity contribution in [3.63, 3.8) is 0 Å². The van der Waals surface area contributed by atoms with Gasteiger partial charge in [0.15, 0.2) is 5.82 Å². The molecule has 0 bridgehead atoms. The van der Waals surface area contributed by atoms with Crippen LogP contribution >= 0.6 is 0 Å². The molecule has 6 nitrogen and oxygen atoms in total. The van der Waals surface area contributed by atoms with Crippen LogP contribution in [0.2, 0.25) is 0 Å². The molecule has 4 rings (SSSR count). The summed E-state index contributed by atoms with van der Waals surface area (Å²) in [6.07, 6.45) is 1.85. The van der Waals surface area contributed by atoms with Gasteiger partial charge in [0, 0.05) is 17.7 Å². The number of anilines is 1. The molecule has 1 heterocycles. The van der Waals surface area contributed by atoms with Crippen molar-refractivity contribution in [2.45, 2.75) is 25.8 Å². The molecule has 2 amide bonds. The van der Waals surface area contributed by atoms with Crippen LogP contribution in [-0.4, -0.2) is 34.5 Å². The number of rotatable bonds is 5. The largest absolute Gasteiger partial charge is 0.360 e. The van der Waals surface area contributed by atoms with E-state index in [1.165, 1.54) is 0 Å². The van der Waals surface area contributed by atoms with E-state index in [1.807, 2.05) is 42.5 Å². The van der Waals surface area contributed by atoms with Gasteiger partial charge in [-0.2, -0.15) is 0 Å². The van der Waals surface area contributed by atoms with Crippen LogP contribution < -0.4 is 5.32 Å². The molecule has 1 aliphatic carbocycles. The van der Waals surface area contributed by atoms with E-state index in [1.54, 1.807) is 17.9 Å². The maximum atomic E-state index is 13.0. The standard InChI is InChI=1S/C20H19N3O3/c1-13-10-18(22-26-13)21-19(24)12-23(17-8-9-17)20(25)16-7-6-14-4-2-3-5-15(14)11-16/h2-7,10-11,17H,8-9,12H2,1H3,(H,21,22,24). The molecule has 2 aromatic carbocycles. The molecule has 3 aromatic rings. The van der Waals surface area contributed by atoms with Gasteiger partial charge in [-0.25, -0.2) is 0 Å². The number of nitrogens with one attached hydrogen (secondary N) is 1. The Morgan fingerprint density at radius 1 is 1.15 bits per heavy atom. The van der Waals surface area contributed by atoms with Crippen molar-refractivity contribution in [2.24, 2.45) is 0 Å². The second kappa shape index (κ2) is 6.63. The summed E-state index contributed by atoms with van der Waals surface area (Å²) in [5.74, 6) is 0.581. The van der Waals surface area contributed by atoms with E-state index in [0.717, 1.165) is 23.6 Å². The molecule has 0 saturated heterocycles. The zero-order chi connectivity index (χ0) is 18.1. The van der Waals surface area contributed by atoms with Gasteiger partial charge in [0.05, 0.1) is 0 Å². The molecule has 132 valence electrons. The van der Waals surface area contributed by atoms with Gasteiger partial charge >= 0.3 is 0 Å². The Kier molecular flexibility index (Phi) is 4.16. The van der Waals surface area contributed by atoms with Crippen molar-refractivity contribution in [3.8, 4) is 0 Å². The van der Waals surface area contributed by atoms with Gasteiger partial charge in [-0.1, -0.05) is 35.5 Å². The summed E-state index contributed by atoms with van der Waals surface area (Å²) >= 11 is 0. The number of aryl methyl sites for hydroxylation is 1. The third kappa shape index (κ3) is 3.44. The quantitative estimate of drug-likeness (QED) is 0.766. The van der Waals surface area contributed by atoms with Gasteiger partial charge in [0.25, 0.3) is 5.91 Å². The van der Waals surface area contributed by atoms with Gasteiger partial charge in [-0.05, 0) is 42.7 Å². The Balaban J connectivity index is 1.51. The highest BCUT2D eigenvalue weighted by Crippen LogP contribution is 2.29. The molecule has 1 aromatic heterocycles. The number of fused-ring (bicyclic) bond motifs is 1. The topological polar surface area (TPSA) is 75.4 Å². The Bertz CT molecular complexity index is 975. The van der Waals surface area contributed by atoms with Gasteiger partial charge in [0.2, 0.25) is 5.91 Å². The van der Waals surface area contributed by atoms with Crippen molar-refractivity contribution >= 4 is 28.4 Å². The zero-order valence-corrected chi connectivity index (χ0v) is 14.4. The van der Waals surface area contributed by atoms with Crippen LogP contribution in [-0.2, 0) is 4.79 Å². The van der Waals surface area contributed by atoms with E-state index in [4.69, 9.17) is 4.52 Å². The smallest absolute Gasteiger partial charge is 0.254 e. The summed E-state index contributed by atoms with van der Waals surface area (Å²) in [5, 5.41) is 8.52. The summed E-state index contributed by atoms with van der Waals surface area (Å²) in [4.78, 5) is 26.9. The third-order valence-corrected chi connectivity index (χ3v) is 4.45. The van der Waals surface area contributed by atoms with Crippen LogP contribution in [0.25, 0.3) is 10.8 Å². The lowest BCUT2D eigenvalue weighted by molar-refractivity contribution is -0.117. The fraction of sp³-hybridized carbons (Fsp3) is 0.250. The first-order valence-electron chi connectivity index (χ1n) is 8.63. The highest BCUT2D eigenvalue weighted by Gasteiger charge is 2.34. The molecule has 1 aliphatic rings. The number of carbonyl (C=O) groups is 2. The monoisotopic (exact) mass is 349 g/mol. The average Bonchev–Trinajstić information content (AvgIpc) is 3.41. The van der Waals surface area contributed by atoms with Crippen LogP contribution in [0.5, 0.6) is 0 Å². The highest BCUT2D eigenvalue weighted by molar-refractivity contribution is 6.01. The Labute approximate surface area is 150 Å². The number of carbonyl (C=O) groups excluding carboxylic acids is 2. The molecular weight excluding hydrogens is 330 g/mol. The summed E-state index contributed by atoms with van der Waals surface area (Å²) < 4.78 is 4.94. The maximum absolute atomic E-state index is 13.0. The van der Waals surface area contributed by atoms with E-state index in [2.05, 4.69) is 10.5 Å². The first kappa shape index (κ1) is 16.3. The number of amides is 2. The summed E-state index contributed by atoms with van der Waals surface area (Å²) in [7, 11) is 0. The van der Waals surface area contributed by atoms with Crippen molar-refractivity contribution in [3.05, 3.63) is 59.9 Å². The Hall–Kier alpha value is -3.15. The molecule has 1 N–H and O–H groups in total. The fourth-order valence-corrected chi connectivity index (χ4v) is 3.00. The van der Waals surface area contributed by atoms with Crippen LogP contribution in [0.15, 0.2) is 53.1 Å². The van der Waals surface area contributed by atoms with Crippen molar-refractivity contribution in [1.82, 2.24) is 10.1 Å². The van der Waals surface area contributed by atoms with Gasteiger partial charge in [-0.3, -0.25) is 9.59 Å². The summed E-state index contributed by atoms with van der Waals surface area (Å²) in [6, 6.07) is 15.3. The van der Waals surface area contributed by atoms with Crippen LogP contribution in [0, 0.1) is 6.92 Å². The Morgan fingerprint density at radius 2 is 1.92 bits per heavy atom. The molecule has 1 saturated carbocycles. The Morgan fingerprint density at radius 3 is 2.62 bits per heavy atom. The zero-order valence-electron chi connectivity index (χ0n) is 14.4. The molecule has 1 fully saturated rings. The fourth-order valence-electron chi connectivity index (χ4n) is 3.00. The van der Waals surface area contributed by atoms with E-state index in [-0.39, 0.29) is 24.4 Å². The second-order valence-electron chi connectivity index (χ2n) is 6.60. The lowest BCUT2D eigenvalue weighted by Gasteiger charge is -2.22. The molecule has 0 aliphatic heterocycles. The first-order valence-corrected chi connectivity index (χ1v) is 8.63. The first-order chi connectivity index (χ1) is 12.6. The van der Waals surface area contributed by atoms with Gasteiger partial charge in [-0.15, -0.1) is 0 Å². The summed E-state index contributed by atoms with van der Waals surface area (Å²) in [5.41, 5.74) is 0.598. The predicted octanol–water partition coefficient (Wildman–Crippen LogP) is 3.38. The SMILES string of the molecule is Cc1cc(NC(=O)CN(C(=O)c2ccc3ccccc3c2)C2CC2)no1. The van der Waals surface area contributed by atoms with Crippen LogP contribution in [0.1, 0.15) is 29.0 Å². The average molecular weight is 349 g/mol. The molecular formula is C20H19N3O3. The summed E-state index contributed by atoms with van der Waals surface area (Å²) in [6.45, 7) is 1.75. The van der Waals surface area contributed by atoms with Crippen LogP contribution in [0.4, 0.5) is 5.82 Å². The maximum Gasteiger partial charge on any atom is 0.254 e. The third-order valence-electron chi connectivity index (χ3n) is 4.45. The predicted molar refractivity (Wildman–Crippen MR) is 97.9 cm³/mol. The molecule has 0 unspecified atom stereocenters. The minimum absolute atomic E-state index is 0.00222. The molecule has 0 radical (unpaired) electrons. The van der Waals surface area contributed by atoms with Gasteiger partial charge in [0.1, 0.15) is 12.3 Å². The lowest BCUT2D eigenvalue weighted by atomic mass is 10.1. The number of hydrogen-bond acceptors (Lipinski definition) is 4. The second-order valence-corrected chi connectivity index (χ2v) is 6.60. The normalized spacial score (nSPS) is 13.6.